The molecule has 0 atom stereocenters. The van der Waals surface area contributed by atoms with Crippen LogP contribution < -0.4 is 5.32 Å². The first-order valence-corrected chi connectivity index (χ1v) is 7.28. The second-order valence-electron chi connectivity index (χ2n) is 4.56. The summed E-state index contributed by atoms with van der Waals surface area (Å²) in [6.07, 6.45) is 2.78. The summed E-state index contributed by atoms with van der Waals surface area (Å²) in [6, 6.07) is 0. The van der Waals surface area contributed by atoms with Crippen molar-refractivity contribution in [3.63, 3.8) is 0 Å². The molecule has 114 valence electrons. The molecule has 0 aliphatic heterocycles. The minimum Gasteiger partial charge on any atom is -0.460 e. The lowest BCUT2D eigenvalue weighted by Gasteiger charge is -2.07. The van der Waals surface area contributed by atoms with Gasteiger partial charge in [0.2, 0.25) is 5.82 Å². The molecule has 0 saturated heterocycles. The topological polar surface area (TPSA) is 90.1 Å². The summed E-state index contributed by atoms with van der Waals surface area (Å²) in [5.74, 6) is 0.00384. The number of esters is 1. The smallest absolute Gasteiger partial charge is 0.376 e. The summed E-state index contributed by atoms with van der Waals surface area (Å²) < 4.78 is 10.1. The average Bonchev–Trinajstić information content (AvgIpc) is 2.90. The number of unbranched alkanes of at least 4 members (excludes halogenated alkanes) is 1. The van der Waals surface area contributed by atoms with Gasteiger partial charge in [0, 0.05) is 6.54 Å². The summed E-state index contributed by atoms with van der Waals surface area (Å²) in [5.41, 5.74) is 1.09. The Kier molecular flexibility index (Phi) is 5.08. The molecule has 0 aliphatic carbocycles. The summed E-state index contributed by atoms with van der Waals surface area (Å²) in [6.45, 7) is 6.86. The molecule has 7 heteroatoms. The Morgan fingerprint density at radius 2 is 2.10 bits per heavy atom. The highest BCUT2D eigenvalue weighted by Gasteiger charge is 2.20. The molecule has 0 bridgehead atoms. The standard InChI is InChI=1S/C14H20N4O3/c1-4-7-8-15-11-10-9(5-2)18-21-13(10)17-12(16-11)14(19)20-6-3/h4-8H2,1-3H3,(H,15,16,17). The van der Waals surface area contributed by atoms with Crippen LogP contribution in [0.15, 0.2) is 4.52 Å². The summed E-state index contributed by atoms with van der Waals surface area (Å²) in [4.78, 5) is 20.2. The first-order valence-electron chi connectivity index (χ1n) is 7.28. The van der Waals surface area contributed by atoms with E-state index in [0.717, 1.165) is 30.5 Å². The maximum Gasteiger partial charge on any atom is 0.376 e. The Hall–Kier alpha value is -2.18. The van der Waals surface area contributed by atoms with Gasteiger partial charge in [-0.3, -0.25) is 0 Å². The predicted molar refractivity (Wildman–Crippen MR) is 78.3 cm³/mol. The van der Waals surface area contributed by atoms with Crippen LogP contribution in [0.1, 0.15) is 49.9 Å². The Labute approximate surface area is 123 Å². The number of nitrogens with zero attached hydrogens (tertiary/aromatic N) is 3. The van der Waals surface area contributed by atoms with E-state index in [4.69, 9.17) is 9.26 Å². The fourth-order valence-corrected chi connectivity index (χ4v) is 1.95. The van der Waals surface area contributed by atoms with Crippen LogP contribution in [0, 0.1) is 0 Å². The SMILES string of the molecule is CCCCNc1nc(C(=O)OCC)nc2onc(CC)c12. The fourth-order valence-electron chi connectivity index (χ4n) is 1.95. The monoisotopic (exact) mass is 292 g/mol. The van der Waals surface area contributed by atoms with Crippen molar-refractivity contribution in [2.24, 2.45) is 0 Å². The van der Waals surface area contributed by atoms with Gasteiger partial charge in [0.1, 0.15) is 11.2 Å². The predicted octanol–water partition coefficient (Wildman–Crippen LogP) is 2.57. The molecule has 2 rings (SSSR count). The number of hydrogen-bond donors (Lipinski definition) is 1. The number of rotatable bonds is 7. The first kappa shape index (κ1) is 15.2. The lowest BCUT2D eigenvalue weighted by molar-refractivity contribution is 0.0512. The highest BCUT2D eigenvalue weighted by Crippen LogP contribution is 2.25. The number of carbonyl (C=O) groups excluding carboxylic acids is 1. The van der Waals surface area contributed by atoms with Crippen LogP contribution in [0.2, 0.25) is 0 Å². The van der Waals surface area contributed by atoms with Crippen LogP contribution in [-0.4, -0.2) is 34.2 Å². The van der Waals surface area contributed by atoms with E-state index in [1.165, 1.54) is 0 Å². The van der Waals surface area contributed by atoms with Crippen molar-refractivity contribution in [1.82, 2.24) is 15.1 Å². The van der Waals surface area contributed by atoms with Crippen LogP contribution in [-0.2, 0) is 11.2 Å². The van der Waals surface area contributed by atoms with E-state index in [0.29, 0.717) is 18.0 Å². The Bertz CT molecular complexity index is 624. The van der Waals surface area contributed by atoms with Gasteiger partial charge in [0.25, 0.3) is 5.71 Å². The highest BCUT2D eigenvalue weighted by molar-refractivity contribution is 5.93. The summed E-state index contributed by atoms with van der Waals surface area (Å²) >= 11 is 0. The van der Waals surface area contributed by atoms with Crippen molar-refractivity contribution in [3.05, 3.63) is 11.5 Å². The molecule has 2 aromatic heterocycles. The average molecular weight is 292 g/mol. The van der Waals surface area contributed by atoms with Crippen molar-refractivity contribution >= 4 is 22.9 Å². The molecule has 0 saturated carbocycles. The second-order valence-corrected chi connectivity index (χ2v) is 4.56. The zero-order chi connectivity index (χ0) is 15.2. The number of hydrogen-bond acceptors (Lipinski definition) is 7. The van der Waals surface area contributed by atoms with E-state index in [2.05, 4.69) is 27.4 Å². The molecule has 2 aromatic rings. The van der Waals surface area contributed by atoms with Gasteiger partial charge in [0.15, 0.2) is 0 Å². The Morgan fingerprint density at radius 3 is 2.76 bits per heavy atom. The first-order chi connectivity index (χ1) is 10.2. The van der Waals surface area contributed by atoms with Gasteiger partial charge < -0.3 is 14.6 Å². The highest BCUT2D eigenvalue weighted by atomic mass is 16.5. The van der Waals surface area contributed by atoms with Crippen molar-refractivity contribution in [3.8, 4) is 0 Å². The second kappa shape index (κ2) is 7.01. The molecule has 0 aliphatic rings. The number of carbonyl (C=O) groups is 1. The van der Waals surface area contributed by atoms with Crippen LogP contribution in [0.3, 0.4) is 0 Å². The van der Waals surface area contributed by atoms with E-state index in [1.54, 1.807) is 6.92 Å². The fraction of sp³-hybridized carbons (Fsp3) is 0.571. The van der Waals surface area contributed by atoms with E-state index in [1.807, 2.05) is 6.92 Å². The summed E-state index contributed by atoms with van der Waals surface area (Å²) in [7, 11) is 0. The molecular formula is C14H20N4O3. The number of nitrogens with one attached hydrogen (secondary N) is 1. The number of ether oxygens (including phenoxy) is 1. The van der Waals surface area contributed by atoms with Crippen LogP contribution in [0.25, 0.3) is 11.1 Å². The zero-order valence-corrected chi connectivity index (χ0v) is 12.6. The minimum atomic E-state index is -0.563. The number of aromatic nitrogens is 3. The normalized spacial score (nSPS) is 10.8. The molecule has 0 fully saturated rings. The van der Waals surface area contributed by atoms with Gasteiger partial charge in [0.05, 0.1) is 12.3 Å². The molecule has 1 N–H and O–H groups in total. The Balaban J connectivity index is 2.43. The summed E-state index contributed by atoms with van der Waals surface area (Å²) in [5, 5.41) is 7.95. The van der Waals surface area contributed by atoms with Gasteiger partial charge in [-0.25, -0.2) is 9.78 Å². The van der Waals surface area contributed by atoms with Gasteiger partial charge in [-0.2, -0.15) is 4.98 Å². The van der Waals surface area contributed by atoms with Gasteiger partial charge in [-0.05, 0) is 19.8 Å². The molecule has 21 heavy (non-hydrogen) atoms. The lowest BCUT2D eigenvalue weighted by Crippen LogP contribution is -2.13. The number of anilines is 1. The van der Waals surface area contributed by atoms with Crippen LogP contribution in [0.4, 0.5) is 5.82 Å². The van der Waals surface area contributed by atoms with E-state index >= 15 is 0 Å². The molecule has 0 amide bonds. The number of aryl methyl sites for hydroxylation is 1. The third kappa shape index (κ3) is 3.29. The van der Waals surface area contributed by atoms with Crippen LogP contribution in [0.5, 0.6) is 0 Å². The van der Waals surface area contributed by atoms with Crippen molar-refractivity contribution in [1.29, 1.82) is 0 Å². The molecule has 2 heterocycles. The molecule has 0 aromatic carbocycles. The van der Waals surface area contributed by atoms with Crippen molar-refractivity contribution in [2.75, 3.05) is 18.5 Å². The van der Waals surface area contributed by atoms with Crippen molar-refractivity contribution < 1.29 is 14.1 Å². The maximum atomic E-state index is 11.8. The molecule has 0 spiro atoms. The minimum absolute atomic E-state index is 0.0119. The van der Waals surface area contributed by atoms with Gasteiger partial charge in [-0.1, -0.05) is 25.4 Å². The van der Waals surface area contributed by atoms with E-state index < -0.39 is 5.97 Å². The largest absolute Gasteiger partial charge is 0.460 e. The molecule has 0 radical (unpaired) electrons. The maximum absolute atomic E-state index is 11.8. The van der Waals surface area contributed by atoms with E-state index in [9.17, 15) is 4.79 Å². The van der Waals surface area contributed by atoms with Gasteiger partial charge in [-0.15, -0.1) is 0 Å². The quantitative estimate of drug-likeness (QED) is 0.619. The Morgan fingerprint density at radius 1 is 1.29 bits per heavy atom. The molecule has 0 unspecified atom stereocenters. The van der Waals surface area contributed by atoms with Gasteiger partial charge >= 0.3 is 5.97 Å². The molecular weight excluding hydrogens is 272 g/mol. The van der Waals surface area contributed by atoms with Crippen molar-refractivity contribution in [2.45, 2.75) is 40.0 Å². The lowest BCUT2D eigenvalue weighted by atomic mass is 10.2. The zero-order valence-electron chi connectivity index (χ0n) is 12.6. The molecule has 7 nitrogen and oxygen atoms in total. The third-order valence-electron chi connectivity index (χ3n) is 3.02. The van der Waals surface area contributed by atoms with E-state index in [-0.39, 0.29) is 12.4 Å². The third-order valence-corrected chi connectivity index (χ3v) is 3.02. The number of fused-ring (bicyclic) bond motifs is 1. The van der Waals surface area contributed by atoms with Crippen LogP contribution >= 0.6 is 0 Å².